The van der Waals surface area contributed by atoms with Gasteiger partial charge in [0, 0.05) is 36.5 Å². The zero-order valence-corrected chi connectivity index (χ0v) is 11.0. The molecule has 0 spiro atoms. The molecule has 0 amide bonds. The summed E-state index contributed by atoms with van der Waals surface area (Å²) in [5.74, 6) is 1.47. The molecule has 1 fully saturated rings. The van der Waals surface area contributed by atoms with E-state index in [2.05, 4.69) is 26.9 Å². The number of hydrogen-bond acceptors (Lipinski definition) is 4. The van der Waals surface area contributed by atoms with Crippen LogP contribution in [0.5, 0.6) is 0 Å². The highest BCUT2D eigenvalue weighted by atomic mass is 16.5. The first kappa shape index (κ1) is 11.5. The van der Waals surface area contributed by atoms with Gasteiger partial charge in [-0.2, -0.15) is 0 Å². The second-order valence-corrected chi connectivity index (χ2v) is 4.99. The quantitative estimate of drug-likeness (QED) is 0.897. The van der Waals surface area contributed by atoms with Gasteiger partial charge < -0.3 is 14.4 Å². The maximum absolute atomic E-state index is 5.26. The van der Waals surface area contributed by atoms with E-state index in [-0.39, 0.29) is 6.04 Å². The molecule has 1 aliphatic heterocycles. The molecule has 0 saturated carbocycles. The van der Waals surface area contributed by atoms with Gasteiger partial charge >= 0.3 is 0 Å². The number of rotatable bonds is 3. The van der Waals surface area contributed by atoms with E-state index in [4.69, 9.17) is 4.52 Å². The van der Waals surface area contributed by atoms with Crippen LogP contribution in [0, 0.1) is 13.8 Å². The lowest BCUT2D eigenvalue weighted by molar-refractivity contribution is 0.389. The average Bonchev–Trinajstić information content (AvgIpc) is 2.84. The summed E-state index contributed by atoms with van der Waals surface area (Å²) in [4.78, 5) is 4.30. The Morgan fingerprint density at radius 2 is 2.22 bits per heavy atom. The smallest absolute Gasteiger partial charge is 0.139 e. The van der Waals surface area contributed by atoms with Crippen LogP contribution in [-0.4, -0.2) is 27.8 Å². The highest BCUT2D eigenvalue weighted by molar-refractivity contribution is 5.27. The third-order valence-corrected chi connectivity index (χ3v) is 3.82. The number of hydrogen-bond donors (Lipinski definition) is 1. The normalized spacial score (nSPS) is 17.7. The van der Waals surface area contributed by atoms with Crippen LogP contribution >= 0.6 is 0 Å². The second kappa shape index (κ2) is 4.24. The Balaban J connectivity index is 1.97. The Morgan fingerprint density at radius 3 is 2.78 bits per heavy atom. The standard InChI is InChI=1S/C13H18N4O/c1-8-13(10(3)18-16-8)9(2)17-7-15-6-12(17)11-4-14-5-11/h6-7,9,11,14H,4-5H2,1-3H3. The lowest BCUT2D eigenvalue weighted by Crippen LogP contribution is -2.41. The molecule has 2 aromatic heterocycles. The first-order valence-corrected chi connectivity index (χ1v) is 6.33. The van der Waals surface area contributed by atoms with Crippen molar-refractivity contribution in [1.29, 1.82) is 0 Å². The predicted octanol–water partition coefficient (Wildman–Crippen LogP) is 1.78. The summed E-state index contributed by atoms with van der Waals surface area (Å²) < 4.78 is 7.49. The van der Waals surface area contributed by atoms with Gasteiger partial charge in [0.05, 0.1) is 18.1 Å². The molecule has 5 nitrogen and oxygen atoms in total. The fourth-order valence-electron chi connectivity index (χ4n) is 2.68. The molecular formula is C13H18N4O. The summed E-state index contributed by atoms with van der Waals surface area (Å²) in [5.41, 5.74) is 3.43. The minimum atomic E-state index is 0.217. The molecule has 0 aliphatic carbocycles. The van der Waals surface area contributed by atoms with E-state index >= 15 is 0 Å². The van der Waals surface area contributed by atoms with E-state index in [1.807, 2.05) is 26.4 Å². The molecule has 0 radical (unpaired) electrons. The van der Waals surface area contributed by atoms with Gasteiger partial charge in [-0.3, -0.25) is 0 Å². The summed E-state index contributed by atoms with van der Waals surface area (Å²) in [7, 11) is 0. The first-order chi connectivity index (χ1) is 8.68. The van der Waals surface area contributed by atoms with Crippen molar-refractivity contribution >= 4 is 0 Å². The molecule has 1 saturated heterocycles. The van der Waals surface area contributed by atoms with Gasteiger partial charge in [-0.05, 0) is 20.8 Å². The minimum Gasteiger partial charge on any atom is -0.361 e. The van der Waals surface area contributed by atoms with E-state index in [0.717, 1.165) is 24.5 Å². The summed E-state index contributed by atoms with van der Waals surface area (Å²) in [6, 6.07) is 0.217. The molecule has 18 heavy (non-hydrogen) atoms. The van der Waals surface area contributed by atoms with Crippen LogP contribution in [0.25, 0.3) is 0 Å². The number of aryl methyl sites for hydroxylation is 2. The van der Waals surface area contributed by atoms with Gasteiger partial charge in [-0.1, -0.05) is 5.16 Å². The third kappa shape index (κ3) is 1.66. The maximum Gasteiger partial charge on any atom is 0.139 e. The Morgan fingerprint density at radius 1 is 1.44 bits per heavy atom. The molecule has 0 aromatic carbocycles. The van der Waals surface area contributed by atoms with E-state index in [9.17, 15) is 0 Å². The Kier molecular flexibility index (Phi) is 2.70. The van der Waals surface area contributed by atoms with Crippen LogP contribution in [0.3, 0.4) is 0 Å². The van der Waals surface area contributed by atoms with Crippen molar-refractivity contribution in [3.63, 3.8) is 0 Å². The second-order valence-electron chi connectivity index (χ2n) is 4.99. The Bertz CT molecular complexity index is 534. The van der Waals surface area contributed by atoms with Crippen molar-refractivity contribution < 1.29 is 4.52 Å². The van der Waals surface area contributed by atoms with Crippen molar-refractivity contribution in [2.24, 2.45) is 0 Å². The molecule has 3 rings (SSSR count). The van der Waals surface area contributed by atoms with E-state index in [1.54, 1.807) is 0 Å². The van der Waals surface area contributed by atoms with Crippen LogP contribution < -0.4 is 5.32 Å². The average molecular weight is 246 g/mol. The highest BCUT2D eigenvalue weighted by Gasteiger charge is 2.26. The number of nitrogens with one attached hydrogen (secondary N) is 1. The van der Waals surface area contributed by atoms with Gasteiger partial charge in [0.2, 0.25) is 0 Å². The molecule has 1 aliphatic rings. The molecule has 1 atom stereocenters. The van der Waals surface area contributed by atoms with E-state index in [1.165, 1.54) is 11.3 Å². The van der Waals surface area contributed by atoms with E-state index in [0.29, 0.717) is 5.92 Å². The van der Waals surface area contributed by atoms with Crippen LogP contribution in [0.1, 0.15) is 41.6 Å². The van der Waals surface area contributed by atoms with Gasteiger partial charge in [0.15, 0.2) is 0 Å². The number of nitrogens with zero attached hydrogens (tertiary/aromatic N) is 3. The summed E-state index contributed by atoms with van der Waals surface area (Å²) in [5, 5.41) is 7.34. The van der Waals surface area contributed by atoms with Crippen LogP contribution in [0.15, 0.2) is 17.0 Å². The molecule has 3 heterocycles. The van der Waals surface area contributed by atoms with Gasteiger partial charge in [-0.25, -0.2) is 4.98 Å². The Labute approximate surface area is 106 Å². The fraction of sp³-hybridized carbons (Fsp3) is 0.538. The first-order valence-electron chi connectivity index (χ1n) is 6.33. The van der Waals surface area contributed by atoms with Crippen molar-refractivity contribution in [2.45, 2.75) is 32.7 Å². The molecule has 96 valence electrons. The number of aromatic nitrogens is 3. The SMILES string of the molecule is Cc1noc(C)c1C(C)n1cncc1C1CNC1. The maximum atomic E-state index is 5.26. The molecule has 5 heteroatoms. The lowest BCUT2D eigenvalue weighted by Gasteiger charge is -2.29. The van der Waals surface area contributed by atoms with Crippen molar-refractivity contribution in [3.8, 4) is 0 Å². The van der Waals surface area contributed by atoms with Gasteiger partial charge in [0.25, 0.3) is 0 Å². The fourth-order valence-corrected chi connectivity index (χ4v) is 2.68. The summed E-state index contributed by atoms with van der Waals surface area (Å²) >= 11 is 0. The minimum absolute atomic E-state index is 0.217. The monoisotopic (exact) mass is 246 g/mol. The predicted molar refractivity (Wildman–Crippen MR) is 67.6 cm³/mol. The highest BCUT2D eigenvalue weighted by Crippen LogP contribution is 2.29. The van der Waals surface area contributed by atoms with Crippen LogP contribution in [0.4, 0.5) is 0 Å². The van der Waals surface area contributed by atoms with Crippen LogP contribution in [0.2, 0.25) is 0 Å². The topological polar surface area (TPSA) is 55.9 Å². The van der Waals surface area contributed by atoms with Crippen molar-refractivity contribution in [3.05, 3.63) is 35.2 Å². The van der Waals surface area contributed by atoms with Gasteiger partial charge in [0.1, 0.15) is 5.76 Å². The summed E-state index contributed by atoms with van der Waals surface area (Å²) in [6.45, 7) is 8.21. The zero-order valence-electron chi connectivity index (χ0n) is 11.0. The molecule has 2 aromatic rings. The molecular weight excluding hydrogens is 228 g/mol. The van der Waals surface area contributed by atoms with Crippen LogP contribution in [-0.2, 0) is 0 Å². The van der Waals surface area contributed by atoms with Crippen molar-refractivity contribution in [1.82, 2.24) is 20.0 Å². The Hall–Kier alpha value is -1.62. The summed E-state index contributed by atoms with van der Waals surface area (Å²) in [6.07, 6.45) is 3.88. The molecule has 1 N–H and O–H groups in total. The van der Waals surface area contributed by atoms with E-state index < -0.39 is 0 Å². The lowest BCUT2D eigenvalue weighted by atomic mass is 9.98. The number of imidazole rings is 1. The molecule has 1 unspecified atom stereocenters. The zero-order chi connectivity index (χ0) is 12.7. The largest absolute Gasteiger partial charge is 0.361 e. The van der Waals surface area contributed by atoms with Crippen molar-refractivity contribution in [2.75, 3.05) is 13.1 Å². The van der Waals surface area contributed by atoms with Gasteiger partial charge in [-0.15, -0.1) is 0 Å². The third-order valence-electron chi connectivity index (χ3n) is 3.82. The molecule has 0 bridgehead atoms.